The Kier molecular flexibility index (Phi) is 7.63. The monoisotopic (exact) mass is 279 g/mol. The minimum absolute atomic E-state index is 0.123. The summed E-state index contributed by atoms with van der Waals surface area (Å²) in [5.41, 5.74) is 1.14. The summed E-state index contributed by atoms with van der Waals surface area (Å²) < 4.78 is 11.1. The van der Waals surface area contributed by atoms with E-state index in [2.05, 4.69) is 38.2 Å². The number of nitrogens with one attached hydrogen (secondary N) is 1. The van der Waals surface area contributed by atoms with E-state index in [1.807, 2.05) is 12.1 Å². The molecule has 114 valence electrons. The lowest BCUT2D eigenvalue weighted by molar-refractivity contribution is 0.0230. The molecule has 0 saturated heterocycles. The van der Waals surface area contributed by atoms with Crippen molar-refractivity contribution >= 4 is 0 Å². The molecule has 0 aliphatic carbocycles. The number of benzene rings is 1. The summed E-state index contributed by atoms with van der Waals surface area (Å²) in [6.07, 6.45) is 3.59. The van der Waals surface area contributed by atoms with Gasteiger partial charge in [0, 0.05) is 20.2 Å². The highest BCUT2D eigenvalue weighted by atomic mass is 16.5. The van der Waals surface area contributed by atoms with Gasteiger partial charge in [-0.3, -0.25) is 0 Å². The van der Waals surface area contributed by atoms with Gasteiger partial charge in [0.15, 0.2) is 0 Å². The van der Waals surface area contributed by atoms with Gasteiger partial charge < -0.3 is 14.8 Å². The first kappa shape index (κ1) is 17.0. The van der Waals surface area contributed by atoms with Gasteiger partial charge in [-0.2, -0.15) is 0 Å². The SMILES string of the molecule is CCCCCOc1ccc(CNCC(C)(C)OC)cc1. The second kappa shape index (κ2) is 8.98. The normalized spacial score (nSPS) is 11.6. The molecule has 3 nitrogen and oxygen atoms in total. The van der Waals surface area contributed by atoms with E-state index < -0.39 is 0 Å². The van der Waals surface area contributed by atoms with Crippen LogP contribution >= 0.6 is 0 Å². The molecule has 0 spiro atoms. The Bertz CT molecular complexity index is 360. The molecule has 0 fully saturated rings. The second-order valence-electron chi connectivity index (χ2n) is 5.77. The molecular weight excluding hydrogens is 250 g/mol. The lowest BCUT2D eigenvalue weighted by Gasteiger charge is -2.23. The zero-order chi connectivity index (χ0) is 14.8. The van der Waals surface area contributed by atoms with E-state index in [-0.39, 0.29) is 5.60 Å². The van der Waals surface area contributed by atoms with Gasteiger partial charge >= 0.3 is 0 Å². The third-order valence-corrected chi connectivity index (χ3v) is 3.37. The van der Waals surface area contributed by atoms with E-state index in [0.717, 1.165) is 31.9 Å². The Morgan fingerprint density at radius 3 is 2.40 bits per heavy atom. The van der Waals surface area contributed by atoms with Crippen molar-refractivity contribution in [2.24, 2.45) is 0 Å². The second-order valence-corrected chi connectivity index (χ2v) is 5.77. The smallest absolute Gasteiger partial charge is 0.119 e. The average Bonchev–Trinajstić information content (AvgIpc) is 2.45. The zero-order valence-corrected chi connectivity index (χ0v) is 13.4. The summed E-state index contributed by atoms with van der Waals surface area (Å²) >= 11 is 0. The van der Waals surface area contributed by atoms with Crippen LogP contribution in [0.4, 0.5) is 0 Å². The molecule has 0 aliphatic rings. The van der Waals surface area contributed by atoms with Crippen molar-refractivity contribution in [2.45, 2.75) is 52.2 Å². The Balaban J connectivity index is 2.28. The molecule has 0 saturated carbocycles. The zero-order valence-electron chi connectivity index (χ0n) is 13.4. The predicted octanol–water partition coefficient (Wildman–Crippen LogP) is 3.77. The predicted molar refractivity (Wildman–Crippen MR) is 84.3 cm³/mol. The van der Waals surface area contributed by atoms with Crippen LogP contribution in [0.2, 0.25) is 0 Å². The Morgan fingerprint density at radius 1 is 1.10 bits per heavy atom. The quantitative estimate of drug-likeness (QED) is 0.661. The molecule has 0 radical (unpaired) electrons. The van der Waals surface area contributed by atoms with Crippen molar-refractivity contribution in [3.8, 4) is 5.75 Å². The van der Waals surface area contributed by atoms with Gasteiger partial charge in [-0.1, -0.05) is 31.9 Å². The highest BCUT2D eigenvalue weighted by Crippen LogP contribution is 2.13. The highest BCUT2D eigenvalue weighted by molar-refractivity contribution is 5.27. The van der Waals surface area contributed by atoms with Crippen LogP contribution in [0.1, 0.15) is 45.6 Å². The van der Waals surface area contributed by atoms with E-state index in [1.54, 1.807) is 7.11 Å². The molecule has 1 N–H and O–H groups in total. The van der Waals surface area contributed by atoms with E-state index in [4.69, 9.17) is 9.47 Å². The Hall–Kier alpha value is -1.06. The van der Waals surface area contributed by atoms with Crippen molar-refractivity contribution in [2.75, 3.05) is 20.3 Å². The van der Waals surface area contributed by atoms with Gasteiger partial charge in [-0.15, -0.1) is 0 Å². The summed E-state index contributed by atoms with van der Waals surface area (Å²) in [6.45, 7) is 8.85. The molecule has 0 aliphatic heterocycles. The van der Waals surface area contributed by atoms with Crippen LogP contribution in [0.3, 0.4) is 0 Å². The summed E-state index contributed by atoms with van der Waals surface area (Å²) in [4.78, 5) is 0. The molecule has 0 atom stereocenters. The van der Waals surface area contributed by atoms with Crippen LogP contribution in [-0.2, 0) is 11.3 Å². The first-order valence-electron chi connectivity index (χ1n) is 7.55. The van der Waals surface area contributed by atoms with Crippen molar-refractivity contribution in [3.63, 3.8) is 0 Å². The average molecular weight is 279 g/mol. The minimum atomic E-state index is -0.123. The third-order valence-electron chi connectivity index (χ3n) is 3.37. The summed E-state index contributed by atoms with van der Waals surface area (Å²) in [7, 11) is 1.74. The maximum atomic E-state index is 5.70. The van der Waals surface area contributed by atoms with E-state index in [1.165, 1.54) is 18.4 Å². The van der Waals surface area contributed by atoms with Crippen LogP contribution in [0.5, 0.6) is 5.75 Å². The largest absolute Gasteiger partial charge is 0.494 e. The molecule has 0 unspecified atom stereocenters. The number of methoxy groups -OCH3 is 1. The van der Waals surface area contributed by atoms with Crippen molar-refractivity contribution in [1.82, 2.24) is 5.32 Å². The first-order chi connectivity index (χ1) is 9.57. The minimum Gasteiger partial charge on any atom is -0.494 e. The molecule has 1 aromatic rings. The van der Waals surface area contributed by atoms with Gasteiger partial charge in [-0.05, 0) is 38.0 Å². The fraction of sp³-hybridized carbons (Fsp3) is 0.647. The standard InChI is InChI=1S/C17H29NO2/c1-5-6-7-12-20-16-10-8-15(9-11-16)13-18-14-17(2,3)19-4/h8-11,18H,5-7,12-14H2,1-4H3. The van der Waals surface area contributed by atoms with Crippen molar-refractivity contribution < 1.29 is 9.47 Å². The molecular formula is C17H29NO2. The molecule has 0 aromatic heterocycles. The van der Waals surface area contributed by atoms with Gasteiger partial charge in [0.25, 0.3) is 0 Å². The van der Waals surface area contributed by atoms with Gasteiger partial charge in [0.1, 0.15) is 5.75 Å². The third kappa shape index (κ3) is 6.92. The molecule has 1 aromatic carbocycles. The van der Waals surface area contributed by atoms with Crippen molar-refractivity contribution in [1.29, 1.82) is 0 Å². The van der Waals surface area contributed by atoms with E-state index in [0.29, 0.717) is 0 Å². The maximum absolute atomic E-state index is 5.70. The fourth-order valence-electron chi connectivity index (χ4n) is 1.83. The van der Waals surface area contributed by atoms with Gasteiger partial charge in [0.05, 0.1) is 12.2 Å². The molecule has 0 heterocycles. The molecule has 1 rings (SSSR count). The van der Waals surface area contributed by atoms with Crippen LogP contribution in [-0.4, -0.2) is 25.9 Å². The highest BCUT2D eigenvalue weighted by Gasteiger charge is 2.14. The summed E-state index contributed by atoms with van der Waals surface area (Å²) in [5, 5.41) is 3.41. The van der Waals surface area contributed by atoms with Crippen LogP contribution < -0.4 is 10.1 Å². The first-order valence-corrected chi connectivity index (χ1v) is 7.55. The van der Waals surface area contributed by atoms with E-state index in [9.17, 15) is 0 Å². The number of rotatable bonds is 10. The molecule has 3 heteroatoms. The number of hydrogen-bond donors (Lipinski definition) is 1. The maximum Gasteiger partial charge on any atom is 0.119 e. The Labute approximate surface area is 123 Å². The molecule has 0 amide bonds. The topological polar surface area (TPSA) is 30.5 Å². The number of unbranched alkanes of at least 4 members (excludes halogenated alkanes) is 2. The van der Waals surface area contributed by atoms with E-state index >= 15 is 0 Å². The van der Waals surface area contributed by atoms with Crippen LogP contribution in [0.15, 0.2) is 24.3 Å². The van der Waals surface area contributed by atoms with Crippen LogP contribution in [0.25, 0.3) is 0 Å². The van der Waals surface area contributed by atoms with Gasteiger partial charge in [0.2, 0.25) is 0 Å². The number of ether oxygens (including phenoxy) is 2. The number of hydrogen-bond acceptors (Lipinski definition) is 3. The molecule has 20 heavy (non-hydrogen) atoms. The Morgan fingerprint density at radius 2 is 1.80 bits per heavy atom. The molecule has 0 bridgehead atoms. The van der Waals surface area contributed by atoms with Crippen LogP contribution in [0, 0.1) is 0 Å². The lowest BCUT2D eigenvalue weighted by atomic mass is 10.1. The van der Waals surface area contributed by atoms with Gasteiger partial charge in [-0.25, -0.2) is 0 Å². The lowest BCUT2D eigenvalue weighted by Crippen LogP contribution is -2.36. The van der Waals surface area contributed by atoms with Crippen molar-refractivity contribution in [3.05, 3.63) is 29.8 Å². The summed E-state index contributed by atoms with van der Waals surface area (Å²) in [6, 6.07) is 8.32. The fourth-order valence-corrected chi connectivity index (χ4v) is 1.83. The summed E-state index contributed by atoms with van der Waals surface area (Å²) in [5.74, 6) is 0.960.